The van der Waals surface area contributed by atoms with Gasteiger partial charge in [-0.2, -0.15) is 0 Å². The monoisotopic (exact) mass is 1010 g/mol. The van der Waals surface area contributed by atoms with E-state index in [1.165, 1.54) is 42.5 Å². The molecule has 0 aliphatic rings. The van der Waals surface area contributed by atoms with Gasteiger partial charge in [-0.05, 0) is 170 Å². The van der Waals surface area contributed by atoms with Gasteiger partial charge in [-0.3, -0.25) is 38.4 Å². The van der Waals surface area contributed by atoms with Gasteiger partial charge < -0.3 is 71.6 Å². The maximum absolute atomic E-state index is 13.9. The normalized spacial score (nSPS) is 12.5. The van der Waals surface area contributed by atoms with Crippen LogP contribution in [0.3, 0.4) is 0 Å². The van der Waals surface area contributed by atoms with Crippen LogP contribution < -0.4 is 71.6 Å². The van der Waals surface area contributed by atoms with Crippen molar-refractivity contribution in [1.29, 1.82) is 0 Å². The third-order valence-corrected chi connectivity index (χ3v) is 11.6. The van der Waals surface area contributed by atoms with Crippen molar-refractivity contribution in [2.45, 2.75) is 101 Å². The molecule has 0 saturated carbocycles. The van der Waals surface area contributed by atoms with Crippen LogP contribution in [0.4, 0.5) is 22.7 Å². The number of benzene rings is 4. The standard InChI is InChI=1S/C52H71N13O8/c53-25-5-1-21-41(57)49(70)59-38-18-10-14-34(30-38)46(67)64-43(23-3-7-27-55)51(72)61-40-20-12-16-36(32-40)48(69)65-44(24-4-8-28-56)52(73)62-39-19-11-15-35(31-39)47(68)63-42(22-2-6-26-54)50(71)60-37-17-9-13-33(29-37)45(58)66/h9-20,29-32,41-44H,1-8,21-28,53-57H2,(H2,58,66)(H,59,70)(H,60,71)(H,61,72)(H,62,73)(H,63,68)(H,64,67)(H,65,69). The first-order chi connectivity index (χ1) is 35.1. The minimum Gasteiger partial charge on any atom is -0.366 e. The van der Waals surface area contributed by atoms with Crippen LogP contribution in [0, 0.1) is 0 Å². The lowest BCUT2D eigenvalue weighted by Crippen LogP contribution is -2.44. The quantitative estimate of drug-likeness (QED) is 0.0323. The van der Waals surface area contributed by atoms with Gasteiger partial charge in [0.2, 0.25) is 29.5 Å². The number of rotatable bonds is 31. The lowest BCUT2D eigenvalue weighted by Gasteiger charge is -2.20. The number of carbonyl (C=O) groups excluding carboxylic acids is 8. The van der Waals surface area contributed by atoms with Crippen LogP contribution in [0.5, 0.6) is 0 Å². The summed E-state index contributed by atoms with van der Waals surface area (Å²) < 4.78 is 0. The molecule has 0 aromatic heterocycles. The zero-order valence-electron chi connectivity index (χ0n) is 41.1. The first-order valence-electron chi connectivity index (χ1n) is 24.6. The summed E-state index contributed by atoms with van der Waals surface area (Å²) in [5.41, 5.74) is 36.0. The zero-order valence-corrected chi connectivity index (χ0v) is 41.1. The Kier molecular flexibility index (Phi) is 24.7. The Morgan fingerprint density at radius 3 is 0.945 bits per heavy atom. The molecular formula is C52H71N13O8. The van der Waals surface area contributed by atoms with Gasteiger partial charge in [0, 0.05) is 45.0 Å². The number of amides is 8. The van der Waals surface area contributed by atoms with E-state index in [9.17, 15) is 38.4 Å². The molecule has 21 heteroatoms. The SMILES string of the molecule is NCCCCC(N)C(=O)Nc1cccc(C(=O)NC(CCCCN)C(=O)Nc2cccc(C(=O)NC(CCCCN)C(=O)Nc3cccc(C(=O)NC(CCCCN)C(=O)Nc4cccc(C(N)=O)c4)c3)c2)c1. The molecule has 4 aromatic carbocycles. The summed E-state index contributed by atoms with van der Waals surface area (Å²) in [6.07, 6.45) is 5.95. The maximum atomic E-state index is 13.9. The molecule has 73 heavy (non-hydrogen) atoms. The summed E-state index contributed by atoms with van der Waals surface area (Å²) in [4.78, 5) is 106. The third-order valence-electron chi connectivity index (χ3n) is 11.6. The second kappa shape index (κ2) is 31.0. The van der Waals surface area contributed by atoms with E-state index in [1.807, 2.05) is 0 Å². The van der Waals surface area contributed by atoms with Crippen molar-refractivity contribution in [3.8, 4) is 0 Å². The Bertz CT molecular complexity index is 2510. The highest BCUT2D eigenvalue weighted by atomic mass is 16.2. The summed E-state index contributed by atoms with van der Waals surface area (Å²) in [7, 11) is 0. The number of nitrogens with one attached hydrogen (secondary N) is 7. The lowest BCUT2D eigenvalue weighted by molar-refractivity contribution is -0.118. The fraction of sp³-hybridized carbons (Fsp3) is 0.385. The summed E-state index contributed by atoms with van der Waals surface area (Å²) in [6.45, 7) is 1.62. The van der Waals surface area contributed by atoms with Gasteiger partial charge in [-0.25, -0.2) is 0 Å². The van der Waals surface area contributed by atoms with Crippen LogP contribution in [-0.2, 0) is 19.2 Å². The minimum absolute atomic E-state index is 0.125. The molecule has 0 heterocycles. The summed E-state index contributed by atoms with van der Waals surface area (Å²) in [5, 5.41) is 19.4. The number of hydrogen-bond donors (Lipinski definition) is 13. The number of hydrogen-bond acceptors (Lipinski definition) is 13. The van der Waals surface area contributed by atoms with Gasteiger partial charge in [0.1, 0.15) is 18.1 Å². The van der Waals surface area contributed by atoms with E-state index in [1.54, 1.807) is 54.6 Å². The van der Waals surface area contributed by atoms with Crippen LogP contribution in [0.25, 0.3) is 0 Å². The Labute approximate surface area is 425 Å². The van der Waals surface area contributed by atoms with Crippen molar-refractivity contribution in [2.75, 3.05) is 47.4 Å². The molecule has 4 unspecified atom stereocenters. The van der Waals surface area contributed by atoms with Crippen molar-refractivity contribution in [1.82, 2.24) is 16.0 Å². The van der Waals surface area contributed by atoms with Crippen LogP contribution in [-0.4, -0.2) is 97.6 Å². The summed E-state index contributed by atoms with van der Waals surface area (Å²) in [6, 6.07) is 20.8. The zero-order chi connectivity index (χ0) is 53.1. The second-order valence-corrected chi connectivity index (χ2v) is 17.5. The maximum Gasteiger partial charge on any atom is 0.252 e. The van der Waals surface area contributed by atoms with Crippen molar-refractivity contribution < 1.29 is 38.4 Å². The van der Waals surface area contributed by atoms with Gasteiger partial charge in [-0.1, -0.05) is 30.7 Å². The molecule has 0 saturated heterocycles. The highest BCUT2D eigenvalue weighted by molar-refractivity contribution is 6.06. The van der Waals surface area contributed by atoms with E-state index in [4.69, 9.17) is 34.4 Å². The number of anilines is 4. The average Bonchev–Trinajstić information content (AvgIpc) is 3.38. The highest BCUT2D eigenvalue weighted by Crippen LogP contribution is 2.19. The van der Waals surface area contributed by atoms with E-state index < -0.39 is 71.4 Å². The number of nitrogens with two attached hydrogens (primary N) is 6. The molecule has 0 spiro atoms. The lowest BCUT2D eigenvalue weighted by atomic mass is 10.1. The van der Waals surface area contributed by atoms with Crippen LogP contribution in [0.2, 0.25) is 0 Å². The van der Waals surface area contributed by atoms with E-state index in [2.05, 4.69) is 37.2 Å². The Balaban J connectivity index is 1.43. The molecule has 0 aliphatic carbocycles. The molecular weight excluding hydrogens is 935 g/mol. The molecule has 0 fully saturated rings. The average molecular weight is 1010 g/mol. The van der Waals surface area contributed by atoms with Gasteiger partial charge >= 0.3 is 0 Å². The van der Waals surface area contributed by atoms with Crippen molar-refractivity contribution in [3.05, 3.63) is 119 Å². The molecule has 4 aromatic rings. The van der Waals surface area contributed by atoms with Gasteiger partial charge in [0.15, 0.2) is 0 Å². The first-order valence-corrected chi connectivity index (χ1v) is 24.6. The number of carbonyl (C=O) groups is 8. The molecule has 19 N–H and O–H groups in total. The van der Waals surface area contributed by atoms with Crippen LogP contribution >= 0.6 is 0 Å². The predicted molar refractivity (Wildman–Crippen MR) is 282 cm³/mol. The fourth-order valence-electron chi connectivity index (χ4n) is 7.54. The highest BCUT2D eigenvalue weighted by Gasteiger charge is 2.26. The van der Waals surface area contributed by atoms with E-state index in [-0.39, 0.29) is 52.9 Å². The molecule has 0 aliphatic heterocycles. The summed E-state index contributed by atoms with van der Waals surface area (Å²) in [5.74, 6) is -4.49. The molecule has 0 radical (unpaired) electrons. The van der Waals surface area contributed by atoms with Gasteiger partial charge in [0.05, 0.1) is 6.04 Å². The molecule has 0 bridgehead atoms. The molecule has 8 amide bonds. The van der Waals surface area contributed by atoms with Crippen molar-refractivity contribution in [2.24, 2.45) is 34.4 Å². The van der Waals surface area contributed by atoms with E-state index in [0.717, 1.165) is 6.42 Å². The smallest absolute Gasteiger partial charge is 0.252 e. The minimum atomic E-state index is -1.05. The topological polar surface area (TPSA) is 377 Å². The van der Waals surface area contributed by atoms with E-state index in [0.29, 0.717) is 88.9 Å². The second-order valence-electron chi connectivity index (χ2n) is 17.5. The van der Waals surface area contributed by atoms with Gasteiger partial charge in [-0.15, -0.1) is 0 Å². The Morgan fingerprint density at radius 1 is 0.370 bits per heavy atom. The van der Waals surface area contributed by atoms with E-state index >= 15 is 0 Å². The fourth-order valence-corrected chi connectivity index (χ4v) is 7.54. The number of primary amides is 1. The third kappa shape index (κ3) is 19.9. The Hall–Kier alpha value is -7.56. The Morgan fingerprint density at radius 2 is 0.644 bits per heavy atom. The van der Waals surface area contributed by atoms with Crippen molar-refractivity contribution in [3.63, 3.8) is 0 Å². The first kappa shape index (κ1) is 58.0. The molecule has 4 atom stereocenters. The molecule has 4 rings (SSSR count). The molecule has 392 valence electrons. The van der Waals surface area contributed by atoms with Crippen LogP contribution in [0.15, 0.2) is 97.1 Å². The van der Waals surface area contributed by atoms with Gasteiger partial charge in [0.25, 0.3) is 17.7 Å². The van der Waals surface area contributed by atoms with Crippen LogP contribution in [0.1, 0.15) is 118 Å². The predicted octanol–water partition coefficient (Wildman–Crippen LogP) is 2.78. The summed E-state index contributed by atoms with van der Waals surface area (Å²) >= 11 is 0. The number of unbranched alkanes of at least 4 members (excludes halogenated alkanes) is 4. The van der Waals surface area contributed by atoms with Crippen molar-refractivity contribution >= 4 is 70.0 Å². The largest absolute Gasteiger partial charge is 0.366 e. The molecule has 21 nitrogen and oxygen atoms in total.